The van der Waals surface area contributed by atoms with E-state index in [2.05, 4.69) is 0 Å². The van der Waals surface area contributed by atoms with Crippen molar-refractivity contribution < 1.29 is 23.7 Å². The Balaban J connectivity index is 2.18. The van der Waals surface area contributed by atoms with E-state index in [0.717, 1.165) is 11.3 Å². The van der Waals surface area contributed by atoms with Crippen molar-refractivity contribution >= 4 is 5.91 Å². The summed E-state index contributed by atoms with van der Waals surface area (Å²) in [6.07, 6.45) is -0.463. The van der Waals surface area contributed by atoms with E-state index in [1.54, 1.807) is 19.1 Å². The minimum absolute atomic E-state index is 0.0364. The number of hydrogen-bond acceptors (Lipinski definition) is 5. The Morgan fingerprint density at radius 2 is 1.87 bits per heavy atom. The Hall–Kier alpha value is -1.79. The lowest BCUT2D eigenvalue weighted by Gasteiger charge is -2.31. The Kier molecular flexibility index (Phi) is 5.49. The summed E-state index contributed by atoms with van der Waals surface area (Å²) in [7, 11) is 3.13. The molecule has 0 bridgehead atoms. The van der Waals surface area contributed by atoms with Gasteiger partial charge in [-0.3, -0.25) is 4.79 Å². The van der Waals surface area contributed by atoms with Crippen molar-refractivity contribution in [2.24, 2.45) is 5.41 Å². The van der Waals surface area contributed by atoms with Gasteiger partial charge in [-0.1, -0.05) is 26.8 Å². The summed E-state index contributed by atoms with van der Waals surface area (Å²) in [5.41, 5.74) is 0.486. The third-order valence-corrected chi connectivity index (χ3v) is 3.63. The van der Waals surface area contributed by atoms with Crippen molar-refractivity contribution in [3.8, 4) is 11.5 Å². The summed E-state index contributed by atoms with van der Waals surface area (Å²) in [6.45, 7) is 6.75. The summed E-state index contributed by atoms with van der Waals surface area (Å²) in [5, 5.41) is 0. The van der Waals surface area contributed by atoms with Gasteiger partial charge >= 0.3 is 0 Å². The van der Waals surface area contributed by atoms with Crippen molar-refractivity contribution in [1.29, 1.82) is 0 Å². The van der Waals surface area contributed by atoms with Gasteiger partial charge in [0.15, 0.2) is 17.8 Å². The standard InChI is InChI=1S/C17H25NO5/c1-17(2,3)16(19)18(10-15(20-4)21-5)9-12-6-7-13-14(8-12)23-11-22-13/h6-8,15H,9-11H2,1-5H3. The molecule has 0 spiro atoms. The number of fused-ring (bicyclic) bond motifs is 1. The molecule has 2 rings (SSSR count). The third-order valence-electron chi connectivity index (χ3n) is 3.63. The molecule has 0 N–H and O–H groups in total. The molecule has 0 aromatic heterocycles. The van der Waals surface area contributed by atoms with E-state index in [1.807, 2.05) is 39.0 Å². The number of carbonyl (C=O) groups is 1. The summed E-state index contributed by atoms with van der Waals surface area (Å²) >= 11 is 0. The molecule has 0 unspecified atom stereocenters. The SMILES string of the molecule is COC(CN(Cc1ccc2c(c1)OCO2)C(=O)C(C)(C)C)OC. The number of hydrogen-bond donors (Lipinski definition) is 0. The van der Waals surface area contributed by atoms with E-state index in [1.165, 1.54) is 0 Å². The number of nitrogens with zero attached hydrogens (tertiary/aromatic N) is 1. The van der Waals surface area contributed by atoms with Gasteiger partial charge in [0, 0.05) is 26.2 Å². The average molecular weight is 323 g/mol. The van der Waals surface area contributed by atoms with Crippen LogP contribution in [0, 0.1) is 5.41 Å². The zero-order valence-corrected chi connectivity index (χ0v) is 14.4. The van der Waals surface area contributed by atoms with Crippen LogP contribution in [-0.2, 0) is 20.8 Å². The van der Waals surface area contributed by atoms with Crippen LogP contribution in [0.5, 0.6) is 11.5 Å². The molecule has 0 radical (unpaired) electrons. The molecule has 0 aliphatic carbocycles. The first-order valence-corrected chi connectivity index (χ1v) is 7.58. The van der Waals surface area contributed by atoms with Crippen LogP contribution in [0.2, 0.25) is 0 Å². The molecule has 1 amide bonds. The van der Waals surface area contributed by atoms with Crippen molar-refractivity contribution in [1.82, 2.24) is 4.90 Å². The molecule has 1 aromatic rings. The Morgan fingerprint density at radius 3 is 2.48 bits per heavy atom. The molecular weight excluding hydrogens is 298 g/mol. The quantitative estimate of drug-likeness (QED) is 0.753. The van der Waals surface area contributed by atoms with Gasteiger partial charge in [0.1, 0.15) is 0 Å². The molecule has 1 aliphatic rings. The van der Waals surface area contributed by atoms with E-state index in [4.69, 9.17) is 18.9 Å². The van der Waals surface area contributed by atoms with E-state index < -0.39 is 11.7 Å². The van der Waals surface area contributed by atoms with E-state index in [-0.39, 0.29) is 12.7 Å². The summed E-state index contributed by atoms with van der Waals surface area (Å²) in [6, 6.07) is 5.70. The fourth-order valence-corrected chi connectivity index (χ4v) is 2.38. The summed E-state index contributed by atoms with van der Waals surface area (Å²) in [4.78, 5) is 14.5. The van der Waals surface area contributed by atoms with Crippen LogP contribution in [-0.4, -0.2) is 44.7 Å². The van der Waals surface area contributed by atoms with Crippen LogP contribution >= 0.6 is 0 Å². The van der Waals surface area contributed by atoms with Crippen molar-refractivity contribution in [2.45, 2.75) is 33.6 Å². The molecule has 6 nitrogen and oxygen atoms in total. The topological polar surface area (TPSA) is 57.2 Å². The van der Waals surface area contributed by atoms with Gasteiger partial charge in [-0.2, -0.15) is 0 Å². The first kappa shape index (κ1) is 17.6. The van der Waals surface area contributed by atoms with Crippen LogP contribution in [0.15, 0.2) is 18.2 Å². The van der Waals surface area contributed by atoms with Gasteiger partial charge in [0.05, 0.1) is 6.54 Å². The molecule has 1 heterocycles. The lowest BCUT2D eigenvalue weighted by molar-refractivity contribution is -0.153. The maximum Gasteiger partial charge on any atom is 0.231 e. The minimum Gasteiger partial charge on any atom is -0.454 e. The van der Waals surface area contributed by atoms with Gasteiger partial charge in [-0.15, -0.1) is 0 Å². The largest absolute Gasteiger partial charge is 0.454 e. The van der Waals surface area contributed by atoms with Gasteiger partial charge in [0.2, 0.25) is 12.7 Å². The van der Waals surface area contributed by atoms with Crippen molar-refractivity contribution in [3.05, 3.63) is 23.8 Å². The lowest BCUT2D eigenvalue weighted by Crippen LogP contribution is -2.43. The fraction of sp³-hybridized carbons (Fsp3) is 0.588. The van der Waals surface area contributed by atoms with Crippen LogP contribution in [0.1, 0.15) is 26.3 Å². The van der Waals surface area contributed by atoms with Crippen LogP contribution in [0.3, 0.4) is 0 Å². The maximum absolute atomic E-state index is 12.7. The molecule has 6 heteroatoms. The molecular formula is C17H25NO5. The van der Waals surface area contributed by atoms with E-state index in [9.17, 15) is 4.79 Å². The second-order valence-electron chi connectivity index (χ2n) is 6.52. The van der Waals surface area contributed by atoms with Crippen LogP contribution in [0.25, 0.3) is 0 Å². The van der Waals surface area contributed by atoms with E-state index >= 15 is 0 Å². The molecule has 0 fully saturated rings. The minimum atomic E-state index is -0.484. The molecule has 1 aromatic carbocycles. The zero-order chi connectivity index (χ0) is 17.0. The number of carbonyl (C=O) groups excluding carboxylic acids is 1. The summed E-state index contributed by atoms with van der Waals surface area (Å²) < 4.78 is 21.2. The number of ether oxygens (including phenoxy) is 4. The molecule has 0 atom stereocenters. The number of amides is 1. The van der Waals surface area contributed by atoms with Crippen molar-refractivity contribution in [3.63, 3.8) is 0 Å². The van der Waals surface area contributed by atoms with Crippen LogP contribution in [0.4, 0.5) is 0 Å². The highest BCUT2D eigenvalue weighted by Crippen LogP contribution is 2.33. The third kappa shape index (κ3) is 4.36. The summed E-state index contributed by atoms with van der Waals surface area (Å²) in [5.74, 6) is 1.48. The van der Waals surface area contributed by atoms with Crippen LogP contribution < -0.4 is 9.47 Å². The number of rotatable bonds is 6. The smallest absolute Gasteiger partial charge is 0.231 e. The second kappa shape index (κ2) is 7.19. The van der Waals surface area contributed by atoms with Crippen molar-refractivity contribution in [2.75, 3.05) is 27.6 Å². The van der Waals surface area contributed by atoms with Gasteiger partial charge in [0.25, 0.3) is 0 Å². The molecule has 0 saturated heterocycles. The first-order valence-electron chi connectivity index (χ1n) is 7.58. The highest BCUT2D eigenvalue weighted by atomic mass is 16.7. The Morgan fingerprint density at radius 1 is 1.22 bits per heavy atom. The van der Waals surface area contributed by atoms with E-state index in [0.29, 0.717) is 18.8 Å². The highest BCUT2D eigenvalue weighted by molar-refractivity contribution is 5.81. The average Bonchev–Trinajstić information content (AvgIpc) is 2.97. The molecule has 0 saturated carbocycles. The zero-order valence-electron chi connectivity index (χ0n) is 14.4. The van der Waals surface area contributed by atoms with Gasteiger partial charge < -0.3 is 23.8 Å². The number of benzene rings is 1. The normalized spacial score (nSPS) is 13.5. The fourth-order valence-electron chi connectivity index (χ4n) is 2.38. The molecule has 23 heavy (non-hydrogen) atoms. The second-order valence-corrected chi connectivity index (χ2v) is 6.52. The Bertz CT molecular complexity index is 548. The lowest BCUT2D eigenvalue weighted by atomic mass is 9.94. The Labute approximate surface area is 137 Å². The maximum atomic E-state index is 12.7. The first-order chi connectivity index (χ1) is 10.8. The molecule has 128 valence electrons. The predicted octanol–water partition coefficient (Wildman–Crippen LogP) is 2.41. The van der Waals surface area contributed by atoms with Gasteiger partial charge in [-0.05, 0) is 17.7 Å². The highest BCUT2D eigenvalue weighted by Gasteiger charge is 2.29. The van der Waals surface area contributed by atoms with Gasteiger partial charge in [-0.25, -0.2) is 0 Å². The number of methoxy groups -OCH3 is 2. The predicted molar refractivity (Wildman–Crippen MR) is 85.2 cm³/mol. The monoisotopic (exact) mass is 323 g/mol. The molecule has 1 aliphatic heterocycles.